The van der Waals surface area contributed by atoms with E-state index in [1.807, 2.05) is 67.0 Å². The zero-order chi connectivity index (χ0) is 24.3. The van der Waals surface area contributed by atoms with E-state index >= 15 is 0 Å². The van der Waals surface area contributed by atoms with Gasteiger partial charge in [0.1, 0.15) is 0 Å². The van der Waals surface area contributed by atoms with Gasteiger partial charge in [0.25, 0.3) is 5.91 Å². The number of hydrogen-bond acceptors (Lipinski definition) is 4. The maximum atomic E-state index is 12.8. The summed E-state index contributed by atoms with van der Waals surface area (Å²) < 4.78 is 2.14. The summed E-state index contributed by atoms with van der Waals surface area (Å²) in [5.41, 5.74) is 6.82. The molecule has 0 unspecified atom stereocenters. The zero-order valence-corrected chi connectivity index (χ0v) is 20.0. The van der Waals surface area contributed by atoms with Crippen LogP contribution in [-0.2, 0) is 6.54 Å². The van der Waals surface area contributed by atoms with E-state index < -0.39 is 0 Å². The maximum Gasteiger partial charge on any atom is 0.256 e. The van der Waals surface area contributed by atoms with Gasteiger partial charge in [0.05, 0.1) is 23.1 Å². The molecule has 0 spiro atoms. The fourth-order valence-corrected chi connectivity index (χ4v) is 4.83. The molecule has 0 aliphatic carbocycles. The van der Waals surface area contributed by atoms with Crippen molar-refractivity contribution in [2.75, 3.05) is 23.3 Å². The van der Waals surface area contributed by atoms with Gasteiger partial charge in [-0.15, -0.1) is 0 Å². The molecule has 7 heteroatoms. The summed E-state index contributed by atoms with van der Waals surface area (Å²) in [4.78, 5) is 19.7. The van der Waals surface area contributed by atoms with Crippen molar-refractivity contribution in [1.29, 1.82) is 0 Å². The van der Waals surface area contributed by atoms with Crippen molar-refractivity contribution in [1.82, 2.24) is 19.7 Å². The van der Waals surface area contributed by atoms with Crippen LogP contribution in [0.2, 0.25) is 0 Å². The van der Waals surface area contributed by atoms with E-state index in [-0.39, 0.29) is 5.91 Å². The molecule has 1 aliphatic rings. The number of imidazole rings is 1. The number of benzene rings is 3. The minimum atomic E-state index is -0.172. The first-order valence-corrected chi connectivity index (χ1v) is 12.4. The number of fused-ring (bicyclic) bond motifs is 1. The third-order valence-corrected chi connectivity index (χ3v) is 6.80. The normalized spacial score (nSPS) is 13.7. The van der Waals surface area contributed by atoms with Crippen LogP contribution in [0.15, 0.2) is 85.2 Å². The standard InChI is InChI=1S/C29H28N6O/c36-29(22-9-12-24(13-10-22)34-15-5-2-6-16-34)31-28-18-26(32-33-28)23-11-14-25-27(17-23)35(20-30-25)19-21-7-3-1-4-8-21/h1,3-4,7-14,17-18,20H,2,5-6,15-16,19H2,(H2,31,32,33,36). The molecule has 0 saturated carbocycles. The van der Waals surface area contributed by atoms with Crippen molar-refractivity contribution >= 4 is 28.4 Å². The third-order valence-electron chi connectivity index (χ3n) is 6.80. The summed E-state index contributed by atoms with van der Waals surface area (Å²) in [7, 11) is 0. The Labute approximate surface area is 209 Å². The minimum Gasteiger partial charge on any atom is -0.372 e. The van der Waals surface area contributed by atoms with Crippen LogP contribution in [-0.4, -0.2) is 38.7 Å². The van der Waals surface area contributed by atoms with Crippen molar-refractivity contribution in [3.05, 3.63) is 96.3 Å². The molecule has 3 aromatic carbocycles. The van der Waals surface area contributed by atoms with E-state index in [2.05, 4.69) is 48.2 Å². The average Bonchev–Trinajstić information content (AvgIpc) is 3.57. The molecule has 1 amide bonds. The summed E-state index contributed by atoms with van der Waals surface area (Å²) in [6, 6.07) is 26.1. The van der Waals surface area contributed by atoms with Gasteiger partial charge in [-0.3, -0.25) is 9.89 Å². The lowest BCUT2D eigenvalue weighted by Gasteiger charge is -2.28. The van der Waals surface area contributed by atoms with Crippen LogP contribution in [0.1, 0.15) is 35.2 Å². The van der Waals surface area contributed by atoms with Crippen LogP contribution in [0.3, 0.4) is 0 Å². The lowest BCUT2D eigenvalue weighted by Crippen LogP contribution is -2.29. The number of rotatable bonds is 6. The van der Waals surface area contributed by atoms with Crippen molar-refractivity contribution in [3.8, 4) is 11.3 Å². The molecule has 3 heterocycles. The van der Waals surface area contributed by atoms with E-state index in [0.717, 1.165) is 41.9 Å². The number of hydrogen-bond donors (Lipinski definition) is 2. The van der Waals surface area contributed by atoms with Gasteiger partial charge in [-0.2, -0.15) is 5.10 Å². The molecule has 1 aliphatic heterocycles. The second kappa shape index (κ2) is 9.70. The second-order valence-corrected chi connectivity index (χ2v) is 9.28. The summed E-state index contributed by atoms with van der Waals surface area (Å²) in [6.45, 7) is 2.92. The van der Waals surface area contributed by atoms with Crippen LogP contribution < -0.4 is 10.2 Å². The van der Waals surface area contributed by atoms with E-state index in [1.165, 1.54) is 30.5 Å². The second-order valence-electron chi connectivity index (χ2n) is 9.28. The van der Waals surface area contributed by atoms with Gasteiger partial charge in [-0.1, -0.05) is 36.4 Å². The highest BCUT2D eigenvalue weighted by Crippen LogP contribution is 2.25. The fourth-order valence-electron chi connectivity index (χ4n) is 4.83. The lowest BCUT2D eigenvalue weighted by molar-refractivity contribution is 0.102. The lowest BCUT2D eigenvalue weighted by atomic mass is 10.1. The summed E-state index contributed by atoms with van der Waals surface area (Å²) in [5, 5.41) is 10.3. The molecule has 6 rings (SSSR count). The van der Waals surface area contributed by atoms with Crippen LogP contribution >= 0.6 is 0 Å². The molecule has 1 saturated heterocycles. The highest BCUT2D eigenvalue weighted by molar-refractivity contribution is 6.04. The third kappa shape index (κ3) is 4.60. The van der Waals surface area contributed by atoms with Gasteiger partial charge >= 0.3 is 0 Å². The first-order valence-electron chi connectivity index (χ1n) is 12.4. The van der Waals surface area contributed by atoms with E-state index in [4.69, 9.17) is 0 Å². The van der Waals surface area contributed by atoms with Crippen LogP contribution in [0, 0.1) is 0 Å². The fraction of sp³-hybridized carbons (Fsp3) is 0.207. The topological polar surface area (TPSA) is 78.8 Å². The molecule has 2 aromatic heterocycles. The molecule has 5 aromatic rings. The van der Waals surface area contributed by atoms with Gasteiger partial charge in [0.15, 0.2) is 5.82 Å². The Hall–Kier alpha value is -4.39. The average molecular weight is 477 g/mol. The van der Waals surface area contributed by atoms with Crippen LogP contribution in [0.25, 0.3) is 22.3 Å². The predicted octanol–water partition coefficient (Wildman–Crippen LogP) is 5.72. The number of nitrogens with one attached hydrogen (secondary N) is 2. The van der Waals surface area contributed by atoms with E-state index in [1.54, 1.807) is 0 Å². The Morgan fingerprint density at radius 1 is 0.917 bits per heavy atom. The van der Waals surface area contributed by atoms with Crippen LogP contribution in [0.4, 0.5) is 11.5 Å². The van der Waals surface area contributed by atoms with Crippen molar-refractivity contribution in [2.45, 2.75) is 25.8 Å². The van der Waals surface area contributed by atoms with Gasteiger partial charge in [-0.05, 0) is 61.2 Å². The Morgan fingerprint density at radius 3 is 2.53 bits per heavy atom. The molecule has 180 valence electrons. The first kappa shape index (κ1) is 22.1. The number of carbonyl (C=O) groups excluding carboxylic acids is 1. The SMILES string of the molecule is O=C(Nc1cc(-c2ccc3ncn(Cc4ccccc4)c3c2)[nH]n1)c1ccc(N2CCCCC2)cc1. The van der Waals surface area contributed by atoms with Gasteiger partial charge in [-0.25, -0.2) is 4.98 Å². The molecule has 36 heavy (non-hydrogen) atoms. The number of aromatic amines is 1. The maximum absolute atomic E-state index is 12.8. The molecular weight excluding hydrogens is 448 g/mol. The van der Waals surface area contributed by atoms with Gasteiger partial charge in [0, 0.05) is 42.5 Å². The molecule has 2 N–H and O–H groups in total. The quantitative estimate of drug-likeness (QED) is 0.329. The number of aromatic nitrogens is 4. The van der Waals surface area contributed by atoms with Crippen molar-refractivity contribution in [2.24, 2.45) is 0 Å². The number of amides is 1. The number of carbonyl (C=O) groups is 1. The van der Waals surface area contributed by atoms with Crippen molar-refractivity contribution < 1.29 is 4.79 Å². The smallest absolute Gasteiger partial charge is 0.256 e. The highest BCUT2D eigenvalue weighted by Gasteiger charge is 2.14. The Morgan fingerprint density at radius 2 is 1.72 bits per heavy atom. The van der Waals surface area contributed by atoms with Gasteiger partial charge in [0.2, 0.25) is 0 Å². The van der Waals surface area contributed by atoms with Crippen molar-refractivity contribution in [3.63, 3.8) is 0 Å². The first-order chi connectivity index (χ1) is 17.7. The summed E-state index contributed by atoms with van der Waals surface area (Å²) in [5.74, 6) is 0.322. The monoisotopic (exact) mass is 476 g/mol. The number of H-pyrrole nitrogens is 1. The molecule has 0 radical (unpaired) electrons. The Balaban J connectivity index is 1.16. The summed E-state index contributed by atoms with van der Waals surface area (Å²) in [6.07, 6.45) is 5.63. The van der Waals surface area contributed by atoms with Gasteiger partial charge < -0.3 is 14.8 Å². The number of nitrogens with zero attached hydrogens (tertiary/aromatic N) is 4. The molecule has 1 fully saturated rings. The highest BCUT2D eigenvalue weighted by atomic mass is 16.1. The zero-order valence-electron chi connectivity index (χ0n) is 20.0. The minimum absolute atomic E-state index is 0.172. The number of anilines is 2. The molecular formula is C29H28N6O. The van der Waals surface area contributed by atoms with E-state index in [0.29, 0.717) is 11.4 Å². The summed E-state index contributed by atoms with van der Waals surface area (Å²) >= 11 is 0. The molecule has 0 bridgehead atoms. The molecule has 0 atom stereocenters. The largest absolute Gasteiger partial charge is 0.372 e. The number of piperidine rings is 1. The van der Waals surface area contributed by atoms with E-state index in [9.17, 15) is 4.79 Å². The molecule has 7 nitrogen and oxygen atoms in total. The van der Waals surface area contributed by atoms with Crippen LogP contribution in [0.5, 0.6) is 0 Å². The Kier molecular flexibility index (Phi) is 5.95. The Bertz CT molecular complexity index is 1480. The predicted molar refractivity (Wildman–Crippen MR) is 143 cm³/mol.